The highest BCUT2D eigenvalue weighted by atomic mass is 16.4. The zero-order valence-electron chi connectivity index (χ0n) is 38.8. The third-order valence-corrected chi connectivity index (χ3v) is 10.5. The first-order valence-electron chi connectivity index (χ1n) is 24.9. The van der Waals surface area contributed by atoms with Crippen LogP contribution in [-0.4, -0.2) is 33.2 Å². The Morgan fingerprint density at radius 1 is 0.276 bits per heavy atom. The maximum Gasteiger partial charge on any atom is 0.303 e. The summed E-state index contributed by atoms with van der Waals surface area (Å²) in [5.74, 6) is -1.99. The van der Waals surface area contributed by atoms with E-state index in [0.29, 0.717) is 19.3 Å². The summed E-state index contributed by atoms with van der Waals surface area (Å²) < 4.78 is 0. The zero-order chi connectivity index (χ0) is 43.3. The van der Waals surface area contributed by atoms with E-state index in [4.69, 9.17) is 15.3 Å². The number of aliphatic carboxylic acids is 3. The molecule has 0 radical (unpaired) electrons. The SMILES string of the molecule is CCCCC/C=C\C/C=C\CCCCCCCC(=O)O.CCCCCC/C=C\CCCCCCCC(=O)O.CCCCCCCCCCCCCCCCCC(=O)O. The van der Waals surface area contributed by atoms with E-state index < -0.39 is 17.9 Å². The summed E-state index contributed by atoms with van der Waals surface area (Å²) in [6, 6.07) is 0. The molecule has 58 heavy (non-hydrogen) atoms. The fraction of sp³-hybridized carbons (Fsp3) is 0.827. The van der Waals surface area contributed by atoms with Gasteiger partial charge in [-0.3, -0.25) is 14.4 Å². The zero-order valence-corrected chi connectivity index (χ0v) is 38.8. The van der Waals surface area contributed by atoms with Crippen molar-refractivity contribution in [1.82, 2.24) is 0 Å². The predicted molar refractivity (Wildman–Crippen MR) is 252 cm³/mol. The number of hydrogen-bond acceptors (Lipinski definition) is 3. The Morgan fingerprint density at radius 2 is 0.466 bits per heavy atom. The highest BCUT2D eigenvalue weighted by Crippen LogP contribution is 2.14. The van der Waals surface area contributed by atoms with Crippen LogP contribution in [0.15, 0.2) is 36.5 Å². The van der Waals surface area contributed by atoms with Crippen LogP contribution in [0.3, 0.4) is 0 Å². The van der Waals surface area contributed by atoms with Crippen LogP contribution < -0.4 is 0 Å². The lowest BCUT2D eigenvalue weighted by Gasteiger charge is -2.03. The third-order valence-electron chi connectivity index (χ3n) is 10.5. The van der Waals surface area contributed by atoms with E-state index in [0.717, 1.165) is 51.4 Å². The van der Waals surface area contributed by atoms with Gasteiger partial charge in [0.1, 0.15) is 0 Å². The van der Waals surface area contributed by atoms with Crippen molar-refractivity contribution >= 4 is 17.9 Å². The molecule has 342 valence electrons. The Labute approximate surface area is 360 Å². The number of carboxylic acid groups (broad SMARTS) is 3. The summed E-state index contributed by atoms with van der Waals surface area (Å²) in [5.41, 5.74) is 0. The molecule has 0 saturated carbocycles. The van der Waals surface area contributed by atoms with Crippen molar-refractivity contribution in [2.45, 2.75) is 278 Å². The molecule has 0 aliphatic carbocycles. The third kappa shape index (κ3) is 68.3. The minimum Gasteiger partial charge on any atom is -0.481 e. The Kier molecular flexibility index (Phi) is 58.6. The van der Waals surface area contributed by atoms with Gasteiger partial charge in [0.05, 0.1) is 0 Å². The van der Waals surface area contributed by atoms with Crippen LogP contribution in [0.4, 0.5) is 0 Å². The molecule has 0 bridgehead atoms. The number of allylic oxidation sites excluding steroid dienone is 6. The lowest BCUT2D eigenvalue weighted by molar-refractivity contribution is -0.138. The largest absolute Gasteiger partial charge is 0.481 e. The molecule has 0 spiro atoms. The van der Waals surface area contributed by atoms with E-state index in [1.807, 2.05) is 0 Å². The van der Waals surface area contributed by atoms with E-state index in [1.54, 1.807) is 0 Å². The number of hydrogen-bond donors (Lipinski definition) is 3. The number of unbranched alkanes of at least 4 members (excludes halogenated alkanes) is 31. The number of carbonyl (C=O) groups is 3. The fourth-order valence-corrected chi connectivity index (χ4v) is 6.73. The molecule has 0 rings (SSSR count). The van der Waals surface area contributed by atoms with Crippen molar-refractivity contribution in [1.29, 1.82) is 0 Å². The van der Waals surface area contributed by atoms with Gasteiger partial charge in [0.25, 0.3) is 0 Å². The Morgan fingerprint density at radius 3 is 0.741 bits per heavy atom. The van der Waals surface area contributed by atoms with Gasteiger partial charge in [0, 0.05) is 19.3 Å². The van der Waals surface area contributed by atoms with Gasteiger partial charge in [-0.05, 0) is 77.0 Å². The maximum atomic E-state index is 10.3. The molecule has 0 unspecified atom stereocenters. The van der Waals surface area contributed by atoms with Crippen LogP contribution in [-0.2, 0) is 14.4 Å². The second kappa shape index (κ2) is 56.7. The van der Waals surface area contributed by atoms with Gasteiger partial charge in [-0.25, -0.2) is 0 Å². The lowest BCUT2D eigenvalue weighted by atomic mass is 10.0. The quantitative estimate of drug-likeness (QED) is 0.0417. The smallest absolute Gasteiger partial charge is 0.303 e. The maximum absolute atomic E-state index is 10.3. The Bertz CT molecular complexity index is 908. The van der Waals surface area contributed by atoms with E-state index in [1.165, 1.54) is 186 Å². The summed E-state index contributed by atoms with van der Waals surface area (Å²) >= 11 is 0. The predicted octanol–water partition coefficient (Wildman–Crippen LogP) is 17.5. The van der Waals surface area contributed by atoms with Crippen molar-refractivity contribution in [2.75, 3.05) is 0 Å². The lowest BCUT2D eigenvalue weighted by Crippen LogP contribution is -1.93. The van der Waals surface area contributed by atoms with Gasteiger partial charge >= 0.3 is 17.9 Å². The molecule has 0 aromatic carbocycles. The molecule has 0 amide bonds. The first kappa shape index (κ1) is 59.9. The molecule has 0 atom stereocenters. The van der Waals surface area contributed by atoms with E-state index in [2.05, 4.69) is 57.2 Å². The molecular formula is C52H98O6. The van der Waals surface area contributed by atoms with Crippen LogP contribution >= 0.6 is 0 Å². The normalized spacial score (nSPS) is 11.2. The monoisotopic (exact) mass is 819 g/mol. The topological polar surface area (TPSA) is 112 Å². The fourth-order valence-electron chi connectivity index (χ4n) is 6.73. The van der Waals surface area contributed by atoms with Crippen molar-refractivity contribution in [3.8, 4) is 0 Å². The Balaban J connectivity index is -0.000000784. The molecule has 0 aromatic rings. The molecular weight excluding hydrogens is 721 g/mol. The minimum atomic E-state index is -0.671. The van der Waals surface area contributed by atoms with E-state index in [-0.39, 0.29) is 0 Å². The van der Waals surface area contributed by atoms with Gasteiger partial charge in [0.2, 0.25) is 0 Å². The number of carboxylic acids is 3. The molecule has 0 heterocycles. The van der Waals surface area contributed by atoms with Crippen molar-refractivity contribution in [3.05, 3.63) is 36.5 Å². The average molecular weight is 819 g/mol. The second-order valence-corrected chi connectivity index (χ2v) is 16.5. The van der Waals surface area contributed by atoms with Gasteiger partial charge in [0.15, 0.2) is 0 Å². The Hall–Kier alpha value is -2.37. The minimum absolute atomic E-state index is 0.324. The second-order valence-electron chi connectivity index (χ2n) is 16.5. The molecule has 0 aliphatic heterocycles. The molecule has 0 aliphatic rings. The highest BCUT2D eigenvalue weighted by Gasteiger charge is 1.99. The first-order valence-corrected chi connectivity index (χ1v) is 24.9. The van der Waals surface area contributed by atoms with E-state index >= 15 is 0 Å². The summed E-state index contributed by atoms with van der Waals surface area (Å²) in [7, 11) is 0. The average Bonchev–Trinajstić information content (AvgIpc) is 3.20. The molecule has 6 nitrogen and oxygen atoms in total. The molecule has 0 aromatic heterocycles. The van der Waals surface area contributed by atoms with Crippen LogP contribution in [0, 0.1) is 0 Å². The summed E-state index contributed by atoms with van der Waals surface area (Å²) in [6.45, 7) is 6.75. The summed E-state index contributed by atoms with van der Waals surface area (Å²) in [6.07, 6.45) is 60.8. The number of rotatable bonds is 43. The van der Waals surface area contributed by atoms with Gasteiger partial charge < -0.3 is 15.3 Å². The molecule has 0 fully saturated rings. The van der Waals surface area contributed by atoms with Crippen molar-refractivity contribution < 1.29 is 29.7 Å². The molecule has 0 saturated heterocycles. The van der Waals surface area contributed by atoms with E-state index in [9.17, 15) is 14.4 Å². The molecule has 3 N–H and O–H groups in total. The summed E-state index contributed by atoms with van der Waals surface area (Å²) in [4.78, 5) is 30.9. The van der Waals surface area contributed by atoms with Gasteiger partial charge in [-0.15, -0.1) is 0 Å². The first-order chi connectivity index (χ1) is 28.3. The van der Waals surface area contributed by atoms with Crippen molar-refractivity contribution in [3.63, 3.8) is 0 Å². The van der Waals surface area contributed by atoms with Crippen molar-refractivity contribution in [2.24, 2.45) is 0 Å². The van der Waals surface area contributed by atoms with Gasteiger partial charge in [-0.1, -0.05) is 218 Å². The summed E-state index contributed by atoms with van der Waals surface area (Å²) in [5, 5.41) is 25.5. The highest BCUT2D eigenvalue weighted by molar-refractivity contribution is 5.67. The van der Waals surface area contributed by atoms with Crippen LogP contribution in [0.5, 0.6) is 0 Å². The van der Waals surface area contributed by atoms with Gasteiger partial charge in [-0.2, -0.15) is 0 Å². The molecule has 6 heteroatoms. The van der Waals surface area contributed by atoms with Crippen LogP contribution in [0.2, 0.25) is 0 Å². The standard InChI is InChI=1S/C18H36O2.C18H32O2.C16H30O2/c2*1-2-3-4-5-6-7-8-9-10-11-12-13-14-15-16-17-18(19)20;1-2-3-4-5-6-7-8-9-10-11-12-13-14-15-16(17)18/h2-17H2,1H3,(H,19,20);6-7,9-10H,2-5,8,11-17H2,1H3,(H,19,20);7-8H,2-6,9-15H2,1H3,(H,17,18)/b;7-6-,10-9-;8-7-. The van der Waals surface area contributed by atoms with Crippen LogP contribution in [0.1, 0.15) is 278 Å². The van der Waals surface area contributed by atoms with Crippen LogP contribution in [0.25, 0.3) is 0 Å².